The Balaban J connectivity index is 1.92. The summed E-state index contributed by atoms with van der Waals surface area (Å²) in [5.41, 5.74) is 1.08. The molecule has 1 aromatic heterocycles. The van der Waals surface area contributed by atoms with Gasteiger partial charge in [0.25, 0.3) is 0 Å². The van der Waals surface area contributed by atoms with Gasteiger partial charge in [-0.1, -0.05) is 30.3 Å². The lowest BCUT2D eigenvalue weighted by Gasteiger charge is -2.09. The number of hydrogen-bond acceptors (Lipinski definition) is 6. The molecule has 5 nitrogen and oxygen atoms in total. The van der Waals surface area contributed by atoms with Crippen LogP contribution in [0.1, 0.15) is 41.1 Å². The lowest BCUT2D eigenvalue weighted by atomic mass is 10.2. The van der Waals surface area contributed by atoms with Gasteiger partial charge in [0.15, 0.2) is 5.82 Å². The highest BCUT2D eigenvalue weighted by atomic mass is 32.1. The van der Waals surface area contributed by atoms with E-state index in [-0.39, 0.29) is 11.1 Å². The van der Waals surface area contributed by atoms with Gasteiger partial charge in [0.1, 0.15) is 6.10 Å². The summed E-state index contributed by atoms with van der Waals surface area (Å²) in [6.07, 6.45) is -0.269. The van der Waals surface area contributed by atoms with Crippen LogP contribution in [0.15, 0.2) is 30.3 Å². The summed E-state index contributed by atoms with van der Waals surface area (Å²) >= 11 is 1.03. The second kappa shape index (κ2) is 7.12. The molecule has 0 bridgehead atoms. The first-order valence-corrected chi connectivity index (χ1v) is 7.14. The Morgan fingerprint density at radius 3 is 2.80 bits per heavy atom. The number of aromatic nitrogens is 2. The van der Waals surface area contributed by atoms with Crippen LogP contribution in [0.4, 0.5) is 0 Å². The van der Waals surface area contributed by atoms with Gasteiger partial charge in [-0.3, -0.25) is 0 Å². The van der Waals surface area contributed by atoms with E-state index in [1.807, 2.05) is 37.3 Å². The summed E-state index contributed by atoms with van der Waals surface area (Å²) in [5, 5.41) is 0.261. The van der Waals surface area contributed by atoms with Crippen LogP contribution in [0.3, 0.4) is 0 Å². The van der Waals surface area contributed by atoms with Gasteiger partial charge in [-0.15, -0.1) is 0 Å². The lowest BCUT2D eigenvalue weighted by molar-refractivity contribution is 0.0464. The zero-order valence-corrected chi connectivity index (χ0v) is 12.2. The largest absolute Gasteiger partial charge is 0.461 e. The Kier molecular flexibility index (Phi) is 5.20. The molecule has 1 heterocycles. The highest BCUT2D eigenvalue weighted by Crippen LogP contribution is 2.18. The Hall–Kier alpha value is -1.79. The molecule has 0 aliphatic rings. The van der Waals surface area contributed by atoms with E-state index in [1.54, 1.807) is 6.92 Å². The third-order valence-electron chi connectivity index (χ3n) is 2.60. The average molecular weight is 292 g/mol. The Morgan fingerprint density at radius 2 is 2.10 bits per heavy atom. The highest BCUT2D eigenvalue weighted by Gasteiger charge is 2.17. The molecule has 0 aliphatic carbocycles. The quantitative estimate of drug-likeness (QED) is 0.766. The number of rotatable bonds is 6. The maximum Gasteiger partial charge on any atom is 0.369 e. The van der Waals surface area contributed by atoms with Crippen LogP contribution in [0, 0.1) is 0 Å². The predicted octanol–water partition coefficient (Wildman–Crippen LogP) is 2.99. The lowest BCUT2D eigenvalue weighted by Crippen LogP contribution is -2.06. The molecule has 1 aromatic carbocycles. The molecule has 2 rings (SSSR count). The van der Waals surface area contributed by atoms with Crippen LogP contribution in [0.2, 0.25) is 0 Å². The fourth-order valence-electron chi connectivity index (χ4n) is 1.55. The molecule has 106 valence electrons. The van der Waals surface area contributed by atoms with E-state index in [1.165, 1.54) is 0 Å². The third kappa shape index (κ3) is 3.85. The van der Waals surface area contributed by atoms with Gasteiger partial charge in [0.05, 0.1) is 13.2 Å². The molecule has 0 amide bonds. The number of benzene rings is 1. The SMILES string of the molecule is CCOC(=O)c1nc(C(C)OCc2ccccc2)ns1. The van der Waals surface area contributed by atoms with Crippen molar-refractivity contribution in [2.45, 2.75) is 26.6 Å². The predicted molar refractivity (Wildman–Crippen MR) is 75.5 cm³/mol. The Morgan fingerprint density at radius 1 is 1.35 bits per heavy atom. The summed E-state index contributed by atoms with van der Waals surface area (Å²) in [6, 6.07) is 9.86. The van der Waals surface area contributed by atoms with Crippen molar-refractivity contribution >= 4 is 17.5 Å². The maximum absolute atomic E-state index is 11.5. The molecular formula is C14H16N2O3S. The van der Waals surface area contributed by atoms with Crippen LogP contribution in [0.5, 0.6) is 0 Å². The Labute approximate surface area is 121 Å². The van der Waals surface area contributed by atoms with Gasteiger partial charge in [0, 0.05) is 0 Å². The van der Waals surface area contributed by atoms with Gasteiger partial charge >= 0.3 is 5.97 Å². The zero-order chi connectivity index (χ0) is 14.4. The fourth-order valence-corrected chi connectivity index (χ4v) is 2.18. The van der Waals surface area contributed by atoms with Crippen LogP contribution in [0.25, 0.3) is 0 Å². The van der Waals surface area contributed by atoms with Gasteiger partial charge in [-0.05, 0) is 30.9 Å². The van der Waals surface area contributed by atoms with Crippen molar-refractivity contribution in [3.8, 4) is 0 Å². The van der Waals surface area contributed by atoms with E-state index >= 15 is 0 Å². The molecule has 20 heavy (non-hydrogen) atoms. The van der Waals surface area contributed by atoms with Crippen molar-refractivity contribution in [2.75, 3.05) is 6.61 Å². The molecule has 0 radical (unpaired) electrons. The first-order chi connectivity index (χ1) is 9.70. The number of hydrogen-bond donors (Lipinski definition) is 0. The van der Waals surface area contributed by atoms with Crippen molar-refractivity contribution in [3.05, 3.63) is 46.7 Å². The maximum atomic E-state index is 11.5. The summed E-state index contributed by atoms with van der Waals surface area (Å²) in [5.74, 6) is 0.0699. The number of nitrogens with zero attached hydrogens (tertiary/aromatic N) is 2. The van der Waals surface area contributed by atoms with Crippen molar-refractivity contribution < 1.29 is 14.3 Å². The summed E-state index contributed by atoms with van der Waals surface area (Å²) < 4.78 is 14.7. The minimum Gasteiger partial charge on any atom is -0.461 e. The minimum atomic E-state index is -0.438. The van der Waals surface area contributed by atoms with Crippen molar-refractivity contribution in [1.82, 2.24) is 9.36 Å². The van der Waals surface area contributed by atoms with Crippen molar-refractivity contribution in [3.63, 3.8) is 0 Å². The van der Waals surface area contributed by atoms with E-state index in [2.05, 4.69) is 9.36 Å². The number of carbonyl (C=O) groups excluding carboxylic acids is 1. The Bertz CT molecular complexity index is 557. The van der Waals surface area contributed by atoms with Gasteiger partial charge in [-0.25, -0.2) is 9.78 Å². The first-order valence-electron chi connectivity index (χ1n) is 6.37. The third-order valence-corrected chi connectivity index (χ3v) is 3.31. The van der Waals surface area contributed by atoms with Crippen molar-refractivity contribution in [1.29, 1.82) is 0 Å². The number of esters is 1. The topological polar surface area (TPSA) is 61.3 Å². The summed E-state index contributed by atoms with van der Waals surface area (Å²) in [7, 11) is 0. The van der Waals surface area contributed by atoms with E-state index < -0.39 is 5.97 Å². The zero-order valence-electron chi connectivity index (χ0n) is 11.4. The standard InChI is InChI=1S/C14H16N2O3S/c1-3-18-14(17)13-15-12(16-20-13)10(2)19-9-11-7-5-4-6-8-11/h4-8,10H,3,9H2,1-2H3. The van der Waals surface area contributed by atoms with E-state index in [4.69, 9.17) is 9.47 Å². The van der Waals surface area contributed by atoms with Crippen molar-refractivity contribution in [2.24, 2.45) is 0 Å². The molecule has 1 atom stereocenters. The molecule has 6 heteroatoms. The van der Waals surface area contributed by atoms with Crippen LogP contribution >= 0.6 is 11.5 Å². The molecular weight excluding hydrogens is 276 g/mol. The molecule has 0 spiro atoms. The molecule has 1 unspecified atom stereocenters. The normalized spacial score (nSPS) is 12.1. The molecule has 0 saturated carbocycles. The first kappa shape index (κ1) is 14.6. The smallest absolute Gasteiger partial charge is 0.369 e. The van der Waals surface area contributed by atoms with E-state index in [9.17, 15) is 4.79 Å². The summed E-state index contributed by atoms with van der Waals surface area (Å²) in [4.78, 5) is 15.7. The van der Waals surface area contributed by atoms with Crippen LogP contribution in [-0.2, 0) is 16.1 Å². The van der Waals surface area contributed by atoms with Gasteiger partial charge in [-0.2, -0.15) is 4.37 Å². The molecule has 2 aromatic rings. The van der Waals surface area contributed by atoms with Gasteiger partial charge in [0.2, 0.25) is 5.01 Å². The highest BCUT2D eigenvalue weighted by molar-refractivity contribution is 7.07. The van der Waals surface area contributed by atoms with Crippen LogP contribution in [-0.4, -0.2) is 21.9 Å². The monoisotopic (exact) mass is 292 g/mol. The molecule has 0 N–H and O–H groups in total. The second-order valence-corrected chi connectivity index (χ2v) is 4.87. The van der Waals surface area contributed by atoms with Gasteiger partial charge < -0.3 is 9.47 Å². The van der Waals surface area contributed by atoms with Crippen LogP contribution < -0.4 is 0 Å². The average Bonchev–Trinajstić information content (AvgIpc) is 2.96. The second-order valence-electron chi connectivity index (χ2n) is 4.12. The number of ether oxygens (including phenoxy) is 2. The molecule has 0 fully saturated rings. The molecule has 0 saturated heterocycles. The van der Waals surface area contributed by atoms with E-state index in [0.29, 0.717) is 19.0 Å². The number of carbonyl (C=O) groups is 1. The molecule has 0 aliphatic heterocycles. The summed E-state index contributed by atoms with van der Waals surface area (Å²) in [6.45, 7) is 4.43. The van der Waals surface area contributed by atoms with E-state index in [0.717, 1.165) is 17.1 Å². The minimum absolute atomic E-state index is 0.261. The fraction of sp³-hybridized carbons (Fsp3) is 0.357.